The number of nitrogens with zero attached hydrogens (tertiary/aromatic N) is 6. The zero-order valence-electron chi connectivity index (χ0n) is 21.5. The summed E-state index contributed by atoms with van der Waals surface area (Å²) in [4.78, 5) is 50.4. The number of pyridine rings is 3. The number of rotatable bonds is 6. The molecule has 40 heavy (non-hydrogen) atoms. The highest BCUT2D eigenvalue weighted by Crippen LogP contribution is 2.33. The monoisotopic (exact) mass is 547 g/mol. The summed E-state index contributed by atoms with van der Waals surface area (Å²) in [5, 5.41) is 7.95. The molecular formula is C26H25N7O7. The van der Waals surface area contributed by atoms with Gasteiger partial charge in [-0.05, 0) is 24.6 Å². The molecule has 3 aliphatic rings. The van der Waals surface area contributed by atoms with E-state index in [9.17, 15) is 14.4 Å². The van der Waals surface area contributed by atoms with E-state index in [1.807, 2.05) is 6.07 Å². The van der Waals surface area contributed by atoms with E-state index in [4.69, 9.17) is 18.7 Å². The Morgan fingerprint density at radius 1 is 1.05 bits per heavy atom. The lowest BCUT2D eigenvalue weighted by Crippen LogP contribution is -2.48. The van der Waals surface area contributed by atoms with Gasteiger partial charge in [0.15, 0.2) is 23.7 Å². The quantitative estimate of drug-likeness (QED) is 0.374. The fourth-order valence-corrected chi connectivity index (χ4v) is 5.64. The van der Waals surface area contributed by atoms with Gasteiger partial charge in [0.05, 0.1) is 12.5 Å². The van der Waals surface area contributed by atoms with Crippen molar-refractivity contribution in [3.8, 4) is 11.6 Å². The number of anilines is 2. The van der Waals surface area contributed by atoms with Crippen molar-refractivity contribution in [1.29, 1.82) is 0 Å². The van der Waals surface area contributed by atoms with Crippen LogP contribution in [0.5, 0.6) is 11.6 Å². The van der Waals surface area contributed by atoms with Crippen LogP contribution in [0.1, 0.15) is 6.42 Å². The van der Waals surface area contributed by atoms with Crippen LogP contribution < -0.4 is 25.2 Å². The van der Waals surface area contributed by atoms with E-state index in [2.05, 4.69) is 25.3 Å². The standard InChI is InChI=1S/C26H25N7O7/c1-37-21-6-3-15-16-12-39-30-22(16)25(35)32(24(15)29-21)8-2-7-31-9-14-10-33(26(36)40-18(14)11-31)19-5-4-17-23(27-19)28-20(34)13-38-17/h3-6,12,14,18H,2,7-11,13H2,1H3,(H,27,28,34)/t14-,18+/m1/s1. The van der Waals surface area contributed by atoms with Crippen molar-refractivity contribution in [3.63, 3.8) is 0 Å². The van der Waals surface area contributed by atoms with Crippen LogP contribution in [-0.4, -0.2) is 82.6 Å². The number of hydrogen-bond donors (Lipinski definition) is 1. The first-order chi connectivity index (χ1) is 19.5. The van der Waals surface area contributed by atoms with Gasteiger partial charge in [0.2, 0.25) is 5.88 Å². The summed E-state index contributed by atoms with van der Waals surface area (Å²) >= 11 is 0. The number of likely N-dealkylation sites (tertiary alicyclic amines) is 1. The Bertz CT molecular complexity index is 1720. The number of hydrogen-bond acceptors (Lipinski definition) is 11. The highest BCUT2D eigenvalue weighted by molar-refractivity contribution is 6.02. The maximum absolute atomic E-state index is 13.2. The van der Waals surface area contributed by atoms with Crippen molar-refractivity contribution < 1.29 is 28.3 Å². The number of fused-ring (bicyclic) bond motifs is 5. The second-order valence-electron chi connectivity index (χ2n) is 10.0. The predicted molar refractivity (Wildman–Crippen MR) is 141 cm³/mol. The molecule has 4 aromatic heterocycles. The second kappa shape index (κ2) is 9.48. The van der Waals surface area contributed by atoms with Gasteiger partial charge in [-0.25, -0.2) is 9.78 Å². The maximum atomic E-state index is 13.2. The molecule has 0 spiro atoms. The van der Waals surface area contributed by atoms with E-state index in [0.717, 1.165) is 11.9 Å². The van der Waals surface area contributed by atoms with Gasteiger partial charge in [0.1, 0.15) is 23.8 Å². The zero-order valence-corrected chi connectivity index (χ0v) is 21.5. The summed E-state index contributed by atoms with van der Waals surface area (Å²) in [5.41, 5.74) is 0.509. The molecule has 0 unspecified atom stereocenters. The largest absolute Gasteiger partial charge is 0.481 e. The summed E-state index contributed by atoms with van der Waals surface area (Å²) in [6, 6.07) is 6.95. The third kappa shape index (κ3) is 4.07. The minimum Gasteiger partial charge on any atom is -0.481 e. The van der Waals surface area contributed by atoms with Crippen LogP contribution in [0.15, 0.2) is 39.8 Å². The number of aryl methyl sites for hydroxylation is 1. The van der Waals surface area contributed by atoms with Crippen LogP contribution in [0.25, 0.3) is 21.9 Å². The molecule has 3 aliphatic heterocycles. The number of amides is 2. The van der Waals surface area contributed by atoms with Gasteiger partial charge in [0, 0.05) is 50.1 Å². The van der Waals surface area contributed by atoms with Gasteiger partial charge < -0.3 is 24.1 Å². The first-order valence-electron chi connectivity index (χ1n) is 12.9. The molecule has 14 nitrogen and oxygen atoms in total. The molecule has 4 aromatic rings. The van der Waals surface area contributed by atoms with E-state index in [1.54, 1.807) is 22.8 Å². The first-order valence-corrected chi connectivity index (χ1v) is 12.9. The van der Waals surface area contributed by atoms with Crippen molar-refractivity contribution >= 4 is 45.6 Å². The lowest BCUT2D eigenvalue weighted by Gasteiger charge is -2.33. The molecule has 0 saturated carbocycles. The molecule has 0 radical (unpaired) electrons. The molecule has 2 amide bonds. The third-order valence-electron chi connectivity index (χ3n) is 7.56. The van der Waals surface area contributed by atoms with E-state index < -0.39 is 6.09 Å². The summed E-state index contributed by atoms with van der Waals surface area (Å²) < 4.78 is 23.1. The smallest absolute Gasteiger partial charge is 0.415 e. The molecule has 0 aromatic carbocycles. The maximum Gasteiger partial charge on any atom is 0.415 e. The summed E-state index contributed by atoms with van der Waals surface area (Å²) in [7, 11) is 1.53. The average molecular weight is 548 g/mol. The average Bonchev–Trinajstić information content (AvgIpc) is 3.61. The molecule has 7 rings (SSSR count). The molecule has 1 N–H and O–H groups in total. The Balaban J connectivity index is 1.04. The van der Waals surface area contributed by atoms with Crippen molar-refractivity contribution in [1.82, 2.24) is 24.6 Å². The molecule has 206 valence electrons. The van der Waals surface area contributed by atoms with E-state index in [1.165, 1.54) is 18.3 Å². The Kier molecular flexibility index (Phi) is 5.77. The fraction of sp³-hybridized carbons (Fsp3) is 0.385. The van der Waals surface area contributed by atoms with Crippen LogP contribution in [-0.2, 0) is 16.1 Å². The molecule has 2 fully saturated rings. The number of carbonyl (C=O) groups excluding carboxylic acids is 2. The van der Waals surface area contributed by atoms with E-state index >= 15 is 0 Å². The number of carbonyl (C=O) groups is 2. The van der Waals surface area contributed by atoms with Gasteiger partial charge in [-0.1, -0.05) is 5.16 Å². The van der Waals surface area contributed by atoms with Crippen molar-refractivity contribution in [2.45, 2.75) is 19.1 Å². The minimum atomic E-state index is -0.474. The van der Waals surface area contributed by atoms with Gasteiger partial charge in [-0.3, -0.25) is 24.0 Å². The molecule has 2 saturated heterocycles. The molecular weight excluding hydrogens is 522 g/mol. The van der Waals surface area contributed by atoms with Crippen molar-refractivity contribution in [2.75, 3.05) is 50.1 Å². The van der Waals surface area contributed by atoms with Crippen molar-refractivity contribution in [2.24, 2.45) is 5.92 Å². The van der Waals surface area contributed by atoms with Crippen LogP contribution in [0.4, 0.5) is 16.4 Å². The predicted octanol–water partition coefficient (Wildman–Crippen LogP) is 1.62. The zero-order chi connectivity index (χ0) is 27.4. The normalized spacial score (nSPS) is 20.7. The van der Waals surface area contributed by atoms with Crippen molar-refractivity contribution in [3.05, 3.63) is 40.9 Å². The lowest BCUT2D eigenvalue weighted by atomic mass is 10.0. The number of aromatic nitrogens is 4. The van der Waals surface area contributed by atoms with E-state index in [0.29, 0.717) is 61.1 Å². The Morgan fingerprint density at radius 2 is 1.95 bits per heavy atom. The van der Waals surface area contributed by atoms with Crippen LogP contribution in [0, 0.1) is 5.92 Å². The summed E-state index contributed by atoms with van der Waals surface area (Å²) in [6.07, 6.45) is 1.42. The number of methoxy groups -OCH3 is 1. The molecule has 2 atom stereocenters. The molecule has 14 heteroatoms. The topological polar surface area (TPSA) is 154 Å². The van der Waals surface area contributed by atoms with Crippen LogP contribution >= 0.6 is 0 Å². The first kappa shape index (κ1) is 24.3. The second-order valence-corrected chi connectivity index (χ2v) is 10.0. The molecule has 0 aliphatic carbocycles. The Morgan fingerprint density at radius 3 is 2.83 bits per heavy atom. The summed E-state index contributed by atoms with van der Waals surface area (Å²) in [5.74, 6) is 1.34. The van der Waals surface area contributed by atoms with Gasteiger partial charge in [-0.2, -0.15) is 4.98 Å². The molecule has 0 bridgehead atoms. The lowest BCUT2D eigenvalue weighted by molar-refractivity contribution is -0.118. The van der Waals surface area contributed by atoms with Gasteiger partial charge >= 0.3 is 6.09 Å². The van der Waals surface area contributed by atoms with Gasteiger partial charge in [-0.15, -0.1) is 0 Å². The highest BCUT2D eigenvalue weighted by atomic mass is 16.6. The van der Waals surface area contributed by atoms with Crippen LogP contribution in [0.3, 0.4) is 0 Å². The SMILES string of the molecule is COc1ccc2c3conc3c(=O)n(CCCN3C[C@@H]4CN(c5ccc6c(n5)NC(=O)CO6)C(=O)O[C@H]4C3)c2n1. The Hall–Kier alpha value is -4.72. The number of ether oxygens (including phenoxy) is 3. The highest BCUT2D eigenvalue weighted by Gasteiger charge is 2.43. The minimum absolute atomic E-state index is 0.0657. The number of nitrogens with one attached hydrogen (secondary N) is 1. The summed E-state index contributed by atoms with van der Waals surface area (Å²) in [6.45, 7) is 2.82. The van der Waals surface area contributed by atoms with Crippen LogP contribution in [0.2, 0.25) is 0 Å². The third-order valence-corrected chi connectivity index (χ3v) is 7.56. The molecule has 7 heterocycles. The fourth-order valence-electron chi connectivity index (χ4n) is 5.64. The van der Waals surface area contributed by atoms with E-state index in [-0.39, 0.29) is 41.4 Å². The van der Waals surface area contributed by atoms with Gasteiger partial charge in [0.25, 0.3) is 11.5 Å². The Labute approximate surface area is 226 Å².